The van der Waals surface area contributed by atoms with Crippen LogP contribution in [0.1, 0.15) is 57.9 Å². The molecule has 0 aromatic heterocycles. The lowest BCUT2D eigenvalue weighted by atomic mass is 9.79. The summed E-state index contributed by atoms with van der Waals surface area (Å²) in [5.41, 5.74) is 2.16. The molecule has 0 radical (unpaired) electrons. The smallest absolute Gasteiger partial charge is 0.167 e. The predicted octanol–water partition coefficient (Wildman–Crippen LogP) is 8.46. The van der Waals surface area contributed by atoms with Crippen LogP contribution >= 0.6 is 0 Å². The summed E-state index contributed by atoms with van der Waals surface area (Å²) in [7, 11) is 0. The lowest BCUT2D eigenvalue weighted by Crippen LogP contribution is -2.10. The number of hydrogen-bond donors (Lipinski definition) is 1. The minimum absolute atomic E-state index is 0.0434. The summed E-state index contributed by atoms with van der Waals surface area (Å²) in [5, 5.41) is 9.29. The van der Waals surface area contributed by atoms with E-state index in [4.69, 9.17) is 0 Å². The maximum Gasteiger partial charge on any atom is 0.167 e. The number of hydrogen-bond acceptors (Lipinski definition) is 1. The summed E-state index contributed by atoms with van der Waals surface area (Å²) in [4.78, 5) is 0. The quantitative estimate of drug-likeness (QED) is 0.445. The molecule has 164 valence electrons. The van der Waals surface area contributed by atoms with Gasteiger partial charge in [0.2, 0.25) is 0 Å². The maximum absolute atomic E-state index is 14.8. The summed E-state index contributed by atoms with van der Waals surface area (Å²) in [6, 6.07) is 14.1. The van der Waals surface area contributed by atoms with Crippen LogP contribution in [0.4, 0.5) is 13.2 Å². The molecule has 0 saturated heterocycles. The van der Waals surface area contributed by atoms with Gasteiger partial charge in [-0.15, -0.1) is 0 Å². The number of benzene rings is 3. The Labute approximate surface area is 182 Å². The van der Waals surface area contributed by atoms with Crippen LogP contribution in [0.25, 0.3) is 22.3 Å². The Bertz CT molecular complexity index is 1020. The standard InChI is InChI=1S/C25H23F3O.C2H6/c1-15-2-4-16(5-3-15)17-6-8-18(9-7-17)20-11-12-21(25(28)24(20)27)19-10-13-23(29)22(26)14-19;1-2/h6-16,29H,2-5H2,1H3;1-2H3. The van der Waals surface area contributed by atoms with E-state index in [9.17, 15) is 18.3 Å². The first-order valence-electron chi connectivity index (χ1n) is 11.0. The molecule has 1 aliphatic rings. The van der Waals surface area contributed by atoms with Crippen molar-refractivity contribution >= 4 is 0 Å². The molecular formula is C27H29F3O. The molecule has 1 fully saturated rings. The van der Waals surface area contributed by atoms with Crippen LogP contribution in [-0.4, -0.2) is 5.11 Å². The van der Waals surface area contributed by atoms with E-state index in [0.717, 1.165) is 18.1 Å². The number of halogens is 3. The van der Waals surface area contributed by atoms with E-state index in [-0.39, 0.29) is 16.7 Å². The van der Waals surface area contributed by atoms with Gasteiger partial charge in [0.25, 0.3) is 0 Å². The van der Waals surface area contributed by atoms with Gasteiger partial charge < -0.3 is 5.11 Å². The predicted molar refractivity (Wildman–Crippen MR) is 121 cm³/mol. The Kier molecular flexibility index (Phi) is 7.42. The second-order valence-electron chi connectivity index (χ2n) is 8.03. The fourth-order valence-corrected chi connectivity index (χ4v) is 4.20. The molecule has 1 aliphatic carbocycles. The Morgan fingerprint density at radius 1 is 0.710 bits per heavy atom. The number of phenolic OH excluding ortho intramolecular Hbond substituents is 1. The third-order valence-electron chi connectivity index (χ3n) is 6.05. The second kappa shape index (κ2) is 10.0. The number of phenols is 1. The first kappa shape index (κ1) is 22.9. The van der Waals surface area contributed by atoms with Crippen LogP contribution in [0.2, 0.25) is 0 Å². The molecule has 0 atom stereocenters. The lowest BCUT2D eigenvalue weighted by Gasteiger charge is -2.26. The normalized spacial score (nSPS) is 18.3. The van der Waals surface area contributed by atoms with Crippen molar-refractivity contribution in [1.29, 1.82) is 0 Å². The molecule has 0 spiro atoms. The molecule has 1 nitrogen and oxygen atoms in total. The molecule has 1 N–H and O–H groups in total. The zero-order valence-corrected chi connectivity index (χ0v) is 18.3. The molecule has 3 aromatic rings. The molecule has 1 saturated carbocycles. The number of rotatable bonds is 3. The Balaban J connectivity index is 0.00000132. The van der Waals surface area contributed by atoms with Crippen molar-refractivity contribution in [3.63, 3.8) is 0 Å². The lowest BCUT2D eigenvalue weighted by molar-refractivity contribution is 0.348. The molecule has 3 aromatic carbocycles. The summed E-state index contributed by atoms with van der Waals surface area (Å²) < 4.78 is 43.1. The Hall–Kier alpha value is -2.75. The van der Waals surface area contributed by atoms with Crippen LogP contribution in [-0.2, 0) is 0 Å². The average molecular weight is 427 g/mol. The molecule has 0 heterocycles. The van der Waals surface area contributed by atoms with Crippen LogP contribution in [0.15, 0.2) is 54.6 Å². The van der Waals surface area contributed by atoms with E-state index in [2.05, 4.69) is 6.92 Å². The highest BCUT2D eigenvalue weighted by molar-refractivity contribution is 5.72. The monoisotopic (exact) mass is 426 g/mol. The summed E-state index contributed by atoms with van der Waals surface area (Å²) in [6.45, 7) is 6.28. The van der Waals surface area contributed by atoms with Gasteiger partial charge in [-0.3, -0.25) is 0 Å². The van der Waals surface area contributed by atoms with Crippen LogP contribution < -0.4 is 0 Å². The summed E-state index contributed by atoms with van der Waals surface area (Å²) >= 11 is 0. The van der Waals surface area contributed by atoms with Gasteiger partial charge in [0.15, 0.2) is 23.2 Å². The molecule has 0 unspecified atom stereocenters. The van der Waals surface area contributed by atoms with Crippen molar-refractivity contribution in [3.05, 3.63) is 77.6 Å². The largest absolute Gasteiger partial charge is 0.505 e. The zero-order valence-electron chi connectivity index (χ0n) is 18.3. The number of aromatic hydroxyl groups is 1. The van der Waals surface area contributed by atoms with Gasteiger partial charge in [0.05, 0.1) is 0 Å². The highest BCUT2D eigenvalue weighted by Gasteiger charge is 2.20. The van der Waals surface area contributed by atoms with Gasteiger partial charge in [-0.25, -0.2) is 13.2 Å². The van der Waals surface area contributed by atoms with Gasteiger partial charge in [-0.2, -0.15) is 0 Å². The van der Waals surface area contributed by atoms with Gasteiger partial charge in [-0.1, -0.05) is 76.1 Å². The highest BCUT2D eigenvalue weighted by Crippen LogP contribution is 2.37. The Morgan fingerprint density at radius 3 is 1.77 bits per heavy atom. The van der Waals surface area contributed by atoms with Gasteiger partial charge in [0, 0.05) is 11.1 Å². The first-order chi connectivity index (χ1) is 14.9. The van der Waals surface area contributed by atoms with Crippen molar-refractivity contribution in [1.82, 2.24) is 0 Å². The summed E-state index contributed by atoms with van der Waals surface area (Å²) in [5.74, 6) is -2.08. The van der Waals surface area contributed by atoms with E-state index in [0.29, 0.717) is 11.5 Å². The topological polar surface area (TPSA) is 20.2 Å². The van der Waals surface area contributed by atoms with Crippen LogP contribution in [0, 0.1) is 23.4 Å². The minimum Gasteiger partial charge on any atom is -0.505 e. The van der Waals surface area contributed by atoms with E-state index in [1.54, 1.807) is 0 Å². The molecule has 4 rings (SSSR count). The van der Waals surface area contributed by atoms with E-state index >= 15 is 0 Å². The van der Waals surface area contributed by atoms with Crippen molar-refractivity contribution < 1.29 is 18.3 Å². The van der Waals surface area contributed by atoms with Crippen molar-refractivity contribution in [3.8, 4) is 28.0 Å². The zero-order chi connectivity index (χ0) is 22.5. The average Bonchev–Trinajstić information content (AvgIpc) is 2.80. The third kappa shape index (κ3) is 4.95. The first-order valence-corrected chi connectivity index (χ1v) is 11.0. The fraction of sp³-hybridized carbons (Fsp3) is 0.333. The molecule has 4 heteroatoms. The van der Waals surface area contributed by atoms with Crippen molar-refractivity contribution in [2.75, 3.05) is 0 Å². The van der Waals surface area contributed by atoms with Crippen molar-refractivity contribution in [2.45, 2.75) is 52.4 Å². The minimum atomic E-state index is -1.03. The maximum atomic E-state index is 14.8. The highest BCUT2D eigenvalue weighted by atomic mass is 19.2. The summed E-state index contributed by atoms with van der Waals surface area (Å²) in [6.07, 6.45) is 4.79. The SMILES string of the molecule is CC.CC1CCC(c2ccc(-c3ccc(-c4ccc(O)c(F)c4)c(F)c3F)cc2)CC1. The molecular weight excluding hydrogens is 397 g/mol. The Morgan fingerprint density at radius 2 is 1.23 bits per heavy atom. The molecule has 31 heavy (non-hydrogen) atoms. The fourth-order valence-electron chi connectivity index (χ4n) is 4.20. The van der Waals surface area contributed by atoms with Gasteiger partial charge >= 0.3 is 0 Å². The van der Waals surface area contributed by atoms with Crippen LogP contribution in [0.5, 0.6) is 5.75 Å². The van der Waals surface area contributed by atoms with E-state index < -0.39 is 23.2 Å². The molecule has 0 amide bonds. The molecule has 0 aliphatic heterocycles. The molecule has 0 bridgehead atoms. The van der Waals surface area contributed by atoms with Crippen LogP contribution in [0.3, 0.4) is 0 Å². The van der Waals surface area contributed by atoms with Gasteiger partial charge in [-0.05, 0) is 53.5 Å². The van der Waals surface area contributed by atoms with E-state index in [1.807, 2.05) is 38.1 Å². The van der Waals surface area contributed by atoms with Crippen molar-refractivity contribution in [2.24, 2.45) is 5.92 Å². The van der Waals surface area contributed by atoms with Gasteiger partial charge in [0.1, 0.15) is 0 Å². The second-order valence-corrected chi connectivity index (χ2v) is 8.03. The van der Waals surface area contributed by atoms with E-state index in [1.165, 1.54) is 49.4 Å². The third-order valence-corrected chi connectivity index (χ3v) is 6.05.